The molecule has 0 rings (SSSR count). The van der Waals surface area contributed by atoms with Crippen LogP contribution in [0.5, 0.6) is 0 Å². The number of rotatable bonds is 8. The van der Waals surface area contributed by atoms with Crippen LogP contribution in [-0.2, 0) is 9.53 Å². The third kappa shape index (κ3) is 7.64. The van der Waals surface area contributed by atoms with Gasteiger partial charge in [0.2, 0.25) is 5.91 Å². The largest absolute Gasteiger partial charge is 0.383 e. The summed E-state index contributed by atoms with van der Waals surface area (Å²) in [6, 6.07) is 0. The predicted molar refractivity (Wildman–Crippen MR) is 65.0 cm³/mol. The van der Waals surface area contributed by atoms with Gasteiger partial charge in [-0.3, -0.25) is 4.79 Å². The monoisotopic (exact) mass is 234 g/mol. The van der Waals surface area contributed by atoms with Crippen LogP contribution in [0.15, 0.2) is 0 Å². The Morgan fingerprint density at radius 1 is 1.53 bits per heavy atom. The van der Waals surface area contributed by atoms with Gasteiger partial charge in [0.05, 0.1) is 11.9 Å². The van der Waals surface area contributed by atoms with Crippen LogP contribution in [0.4, 0.5) is 0 Å². The Hall–Kier alpha value is -0.260. The Bertz CT molecular complexity index is 179. The van der Waals surface area contributed by atoms with Crippen LogP contribution in [0.3, 0.4) is 0 Å². The zero-order valence-electron chi connectivity index (χ0n) is 9.79. The van der Waals surface area contributed by atoms with Gasteiger partial charge in [0.15, 0.2) is 0 Å². The molecular formula is C10H22N2O2S. The van der Waals surface area contributed by atoms with Gasteiger partial charge in [0, 0.05) is 13.7 Å². The van der Waals surface area contributed by atoms with Gasteiger partial charge >= 0.3 is 0 Å². The van der Waals surface area contributed by atoms with E-state index in [1.165, 1.54) is 0 Å². The number of nitrogens with two attached hydrogens (primary N) is 1. The molecule has 0 fully saturated rings. The van der Waals surface area contributed by atoms with Crippen molar-refractivity contribution in [1.29, 1.82) is 0 Å². The fraction of sp³-hybridized carbons (Fsp3) is 0.900. The molecule has 0 bridgehead atoms. The summed E-state index contributed by atoms with van der Waals surface area (Å²) in [5.41, 5.74) is 5.50. The number of carbonyl (C=O) groups excluding carboxylic acids is 1. The van der Waals surface area contributed by atoms with Gasteiger partial charge in [0.1, 0.15) is 0 Å². The Labute approximate surface area is 96.3 Å². The molecule has 0 aromatic rings. The molecule has 5 heteroatoms. The standard InChI is InChI=1S/C10H22N2O2S/c1-8(6-11)7-15-9(2)10(13)12-4-5-14-3/h8-9H,4-7,11H2,1-3H3,(H,12,13). The van der Waals surface area contributed by atoms with E-state index >= 15 is 0 Å². The highest BCUT2D eigenvalue weighted by Gasteiger charge is 2.13. The van der Waals surface area contributed by atoms with Crippen LogP contribution in [-0.4, -0.2) is 43.7 Å². The van der Waals surface area contributed by atoms with E-state index < -0.39 is 0 Å². The SMILES string of the molecule is COCCNC(=O)C(C)SCC(C)CN. The van der Waals surface area contributed by atoms with Crippen molar-refractivity contribution in [3.63, 3.8) is 0 Å². The minimum absolute atomic E-state index is 0.0177. The number of ether oxygens (including phenoxy) is 1. The maximum Gasteiger partial charge on any atom is 0.232 e. The smallest absolute Gasteiger partial charge is 0.232 e. The van der Waals surface area contributed by atoms with Gasteiger partial charge in [-0.15, -0.1) is 11.8 Å². The van der Waals surface area contributed by atoms with Crippen molar-refractivity contribution in [2.45, 2.75) is 19.1 Å². The average molecular weight is 234 g/mol. The van der Waals surface area contributed by atoms with E-state index in [-0.39, 0.29) is 11.2 Å². The number of hydrogen-bond acceptors (Lipinski definition) is 4. The third-order valence-corrected chi connectivity index (χ3v) is 3.48. The second kappa shape index (κ2) is 9.00. The highest BCUT2D eigenvalue weighted by molar-refractivity contribution is 8.00. The maximum atomic E-state index is 11.5. The van der Waals surface area contributed by atoms with Gasteiger partial charge in [-0.1, -0.05) is 6.92 Å². The topological polar surface area (TPSA) is 64.3 Å². The first-order valence-electron chi connectivity index (χ1n) is 5.20. The first-order valence-corrected chi connectivity index (χ1v) is 6.25. The summed E-state index contributed by atoms with van der Waals surface area (Å²) in [5, 5.41) is 2.79. The summed E-state index contributed by atoms with van der Waals surface area (Å²) in [5.74, 6) is 1.46. The van der Waals surface area contributed by atoms with Gasteiger partial charge in [-0.2, -0.15) is 0 Å². The summed E-state index contributed by atoms with van der Waals surface area (Å²) in [4.78, 5) is 11.5. The first-order chi connectivity index (χ1) is 7.11. The fourth-order valence-corrected chi connectivity index (χ4v) is 1.86. The number of methoxy groups -OCH3 is 1. The zero-order valence-corrected chi connectivity index (χ0v) is 10.6. The lowest BCUT2D eigenvalue weighted by Crippen LogP contribution is -2.33. The Balaban J connectivity index is 3.60. The van der Waals surface area contributed by atoms with Crippen molar-refractivity contribution in [3.05, 3.63) is 0 Å². The molecule has 2 unspecified atom stereocenters. The lowest BCUT2D eigenvalue weighted by Gasteiger charge is -2.14. The van der Waals surface area contributed by atoms with Crippen molar-refractivity contribution in [3.8, 4) is 0 Å². The lowest BCUT2D eigenvalue weighted by molar-refractivity contribution is -0.120. The number of thioether (sulfide) groups is 1. The molecule has 0 aromatic heterocycles. The number of hydrogen-bond donors (Lipinski definition) is 2. The zero-order chi connectivity index (χ0) is 11.7. The van der Waals surface area contributed by atoms with Crippen molar-refractivity contribution < 1.29 is 9.53 Å². The number of nitrogens with one attached hydrogen (secondary N) is 1. The third-order valence-electron chi connectivity index (χ3n) is 2.01. The highest BCUT2D eigenvalue weighted by Crippen LogP contribution is 2.14. The summed E-state index contributed by atoms with van der Waals surface area (Å²) in [7, 11) is 1.62. The molecule has 90 valence electrons. The van der Waals surface area contributed by atoms with Crippen molar-refractivity contribution in [2.24, 2.45) is 11.7 Å². The molecule has 0 saturated heterocycles. The summed E-state index contributed by atoms with van der Waals surface area (Å²) < 4.78 is 4.85. The lowest BCUT2D eigenvalue weighted by atomic mass is 10.2. The van der Waals surface area contributed by atoms with Crippen LogP contribution >= 0.6 is 11.8 Å². The minimum Gasteiger partial charge on any atom is -0.383 e. The molecule has 15 heavy (non-hydrogen) atoms. The molecule has 3 N–H and O–H groups in total. The van der Waals surface area contributed by atoms with E-state index in [1.54, 1.807) is 18.9 Å². The molecule has 2 atom stereocenters. The normalized spacial score (nSPS) is 14.7. The van der Waals surface area contributed by atoms with Gasteiger partial charge < -0.3 is 15.8 Å². The van der Waals surface area contributed by atoms with Crippen LogP contribution in [0, 0.1) is 5.92 Å². The van der Waals surface area contributed by atoms with E-state index in [0.717, 1.165) is 5.75 Å². The van der Waals surface area contributed by atoms with Crippen molar-refractivity contribution >= 4 is 17.7 Å². The molecule has 0 aliphatic heterocycles. The van der Waals surface area contributed by atoms with Gasteiger partial charge in [-0.05, 0) is 25.1 Å². The fourth-order valence-electron chi connectivity index (χ4n) is 0.872. The molecule has 0 heterocycles. The average Bonchev–Trinajstić information content (AvgIpc) is 2.25. The maximum absolute atomic E-state index is 11.5. The van der Waals surface area contributed by atoms with E-state index in [9.17, 15) is 4.79 Å². The molecule has 4 nitrogen and oxygen atoms in total. The molecule has 1 amide bonds. The molecule has 0 aliphatic carbocycles. The molecule has 0 aliphatic rings. The Morgan fingerprint density at radius 3 is 2.73 bits per heavy atom. The van der Waals surface area contributed by atoms with Crippen LogP contribution in [0.2, 0.25) is 0 Å². The second-order valence-corrected chi connectivity index (χ2v) is 4.97. The molecular weight excluding hydrogens is 212 g/mol. The van der Waals surface area contributed by atoms with E-state index in [0.29, 0.717) is 25.6 Å². The van der Waals surface area contributed by atoms with Crippen molar-refractivity contribution in [1.82, 2.24) is 5.32 Å². The molecule has 0 spiro atoms. The number of amides is 1. The molecule has 0 saturated carbocycles. The Morgan fingerprint density at radius 2 is 2.20 bits per heavy atom. The first kappa shape index (κ1) is 14.7. The molecule has 0 radical (unpaired) electrons. The van der Waals surface area contributed by atoms with Gasteiger partial charge in [0.25, 0.3) is 0 Å². The van der Waals surface area contributed by atoms with E-state index in [2.05, 4.69) is 12.2 Å². The van der Waals surface area contributed by atoms with Gasteiger partial charge in [-0.25, -0.2) is 0 Å². The second-order valence-electron chi connectivity index (χ2n) is 3.60. The van der Waals surface area contributed by atoms with E-state index in [4.69, 9.17) is 10.5 Å². The number of carbonyl (C=O) groups is 1. The van der Waals surface area contributed by atoms with Crippen LogP contribution < -0.4 is 11.1 Å². The summed E-state index contributed by atoms with van der Waals surface area (Å²) in [6.07, 6.45) is 0. The predicted octanol–water partition coefficient (Wildman–Crippen LogP) is 0.466. The Kier molecular flexibility index (Phi) is 8.85. The highest BCUT2D eigenvalue weighted by atomic mass is 32.2. The van der Waals surface area contributed by atoms with E-state index in [1.807, 2.05) is 6.92 Å². The quantitative estimate of drug-likeness (QED) is 0.599. The molecule has 0 aromatic carbocycles. The van der Waals surface area contributed by atoms with Crippen LogP contribution in [0.25, 0.3) is 0 Å². The minimum atomic E-state index is -0.0177. The van der Waals surface area contributed by atoms with Crippen LogP contribution in [0.1, 0.15) is 13.8 Å². The van der Waals surface area contributed by atoms with Crippen molar-refractivity contribution in [2.75, 3.05) is 32.6 Å². The summed E-state index contributed by atoms with van der Waals surface area (Å²) >= 11 is 1.64. The summed E-state index contributed by atoms with van der Waals surface area (Å²) in [6.45, 7) is 5.80.